The maximum absolute atomic E-state index is 5.91. The molecular weight excluding hydrogens is 236 g/mol. The first-order chi connectivity index (χ1) is 8.19. The van der Waals surface area contributed by atoms with E-state index in [2.05, 4.69) is 13.8 Å². The number of benzene rings is 1. The second kappa shape index (κ2) is 7.44. The summed E-state index contributed by atoms with van der Waals surface area (Å²) in [6, 6.07) is 5.84. The fourth-order valence-corrected chi connectivity index (χ4v) is 1.71. The minimum absolute atomic E-state index is 0.442. The summed E-state index contributed by atoms with van der Waals surface area (Å²) in [5.41, 5.74) is 0.987. The van der Waals surface area contributed by atoms with E-state index in [1.807, 2.05) is 25.1 Å². The van der Waals surface area contributed by atoms with Gasteiger partial charge in [-0.25, -0.2) is 0 Å². The third kappa shape index (κ3) is 4.47. The molecule has 0 saturated heterocycles. The maximum Gasteiger partial charge on any atom is 0.165 e. The van der Waals surface area contributed by atoms with Gasteiger partial charge in [0, 0.05) is 5.56 Å². The van der Waals surface area contributed by atoms with Crippen molar-refractivity contribution in [2.45, 2.75) is 33.1 Å². The molecule has 0 atom stereocenters. The molecule has 0 amide bonds. The molecule has 0 aliphatic carbocycles. The van der Waals surface area contributed by atoms with E-state index >= 15 is 0 Å². The summed E-state index contributed by atoms with van der Waals surface area (Å²) in [6.45, 7) is 7.66. The predicted octanol–water partition coefficient (Wildman–Crippen LogP) is 4.25. The molecule has 17 heavy (non-hydrogen) atoms. The van der Waals surface area contributed by atoms with Gasteiger partial charge in [0.05, 0.1) is 19.1 Å². The van der Waals surface area contributed by atoms with E-state index in [1.54, 1.807) is 0 Å². The van der Waals surface area contributed by atoms with Gasteiger partial charge in [-0.1, -0.05) is 26.0 Å². The topological polar surface area (TPSA) is 18.5 Å². The smallest absolute Gasteiger partial charge is 0.165 e. The molecule has 0 radical (unpaired) electrons. The number of para-hydroxylation sites is 1. The summed E-state index contributed by atoms with van der Waals surface area (Å²) < 4.78 is 11.4. The molecule has 0 saturated carbocycles. The molecule has 1 aromatic carbocycles. The van der Waals surface area contributed by atoms with E-state index in [0.29, 0.717) is 25.0 Å². The number of halogens is 1. The van der Waals surface area contributed by atoms with Gasteiger partial charge in [0.2, 0.25) is 0 Å². The van der Waals surface area contributed by atoms with E-state index in [4.69, 9.17) is 21.1 Å². The molecular formula is C14H21ClO2. The Morgan fingerprint density at radius 2 is 2.00 bits per heavy atom. The molecule has 0 fully saturated rings. The third-order valence-corrected chi connectivity index (χ3v) is 2.73. The number of hydrogen-bond donors (Lipinski definition) is 0. The quantitative estimate of drug-likeness (QED) is 0.679. The Morgan fingerprint density at radius 3 is 2.59 bits per heavy atom. The summed E-state index contributed by atoms with van der Waals surface area (Å²) in [5, 5.41) is 0. The van der Waals surface area contributed by atoms with Crippen LogP contribution in [0.25, 0.3) is 0 Å². The predicted molar refractivity (Wildman–Crippen MR) is 72.1 cm³/mol. The van der Waals surface area contributed by atoms with Crippen molar-refractivity contribution in [2.24, 2.45) is 5.92 Å². The van der Waals surface area contributed by atoms with Gasteiger partial charge in [-0.05, 0) is 25.3 Å². The number of alkyl halides is 1. The van der Waals surface area contributed by atoms with Gasteiger partial charge >= 0.3 is 0 Å². The Kier molecular flexibility index (Phi) is 6.20. The molecule has 0 aliphatic rings. The van der Waals surface area contributed by atoms with Crippen molar-refractivity contribution in [1.29, 1.82) is 0 Å². The average molecular weight is 257 g/mol. The van der Waals surface area contributed by atoms with Crippen LogP contribution in [0.2, 0.25) is 0 Å². The average Bonchev–Trinajstić information content (AvgIpc) is 2.30. The van der Waals surface area contributed by atoms with Crippen LogP contribution < -0.4 is 9.47 Å². The normalized spacial score (nSPS) is 10.6. The highest BCUT2D eigenvalue weighted by Crippen LogP contribution is 2.32. The van der Waals surface area contributed by atoms with Gasteiger partial charge in [-0.3, -0.25) is 0 Å². The molecule has 0 unspecified atom stereocenters. The molecule has 0 spiro atoms. The van der Waals surface area contributed by atoms with Crippen molar-refractivity contribution >= 4 is 11.6 Å². The number of ether oxygens (including phenoxy) is 2. The Bertz CT molecular complexity index is 337. The minimum Gasteiger partial charge on any atom is -0.490 e. The van der Waals surface area contributed by atoms with Crippen LogP contribution in [0.5, 0.6) is 11.5 Å². The van der Waals surface area contributed by atoms with Crippen LogP contribution in [0.15, 0.2) is 18.2 Å². The summed E-state index contributed by atoms with van der Waals surface area (Å²) in [5.74, 6) is 2.66. The van der Waals surface area contributed by atoms with Crippen LogP contribution in [0.1, 0.15) is 32.8 Å². The molecule has 96 valence electrons. The third-order valence-electron chi connectivity index (χ3n) is 2.45. The van der Waals surface area contributed by atoms with Gasteiger partial charge in [-0.15, -0.1) is 11.6 Å². The summed E-state index contributed by atoms with van der Waals surface area (Å²) >= 11 is 5.91. The molecule has 0 aromatic heterocycles. The van der Waals surface area contributed by atoms with Crippen LogP contribution in [0.4, 0.5) is 0 Å². The van der Waals surface area contributed by atoms with Crippen molar-refractivity contribution in [2.75, 3.05) is 13.2 Å². The number of rotatable bonds is 7. The highest BCUT2D eigenvalue weighted by atomic mass is 35.5. The fourth-order valence-electron chi connectivity index (χ4n) is 1.50. The monoisotopic (exact) mass is 256 g/mol. The maximum atomic E-state index is 5.91. The molecule has 1 aromatic rings. The Hall–Kier alpha value is -0.890. The highest BCUT2D eigenvalue weighted by molar-refractivity contribution is 6.17. The van der Waals surface area contributed by atoms with Gasteiger partial charge in [0.15, 0.2) is 11.5 Å². The van der Waals surface area contributed by atoms with E-state index in [9.17, 15) is 0 Å². The van der Waals surface area contributed by atoms with E-state index < -0.39 is 0 Å². The second-order valence-electron chi connectivity index (χ2n) is 4.34. The minimum atomic E-state index is 0.442. The van der Waals surface area contributed by atoms with Crippen molar-refractivity contribution < 1.29 is 9.47 Å². The summed E-state index contributed by atoms with van der Waals surface area (Å²) in [4.78, 5) is 0. The van der Waals surface area contributed by atoms with Gasteiger partial charge in [-0.2, -0.15) is 0 Å². The molecule has 0 aliphatic heterocycles. The van der Waals surface area contributed by atoms with Crippen LogP contribution in [0, 0.1) is 5.92 Å². The van der Waals surface area contributed by atoms with Gasteiger partial charge in [0.25, 0.3) is 0 Å². The van der Waals surface area contributed by atoms with Gasteiger partial charge < -0.3 is 9.47 Å². The van der Waals surface area contributed by atoms with Crippen molar-refractivity contribution in [3.63, 3.8) is 0 Å². The first kappa shape index (κ1) is 14.2. The summed E-state index contributed by atoms with van der Waals surface area (Å²) in [7, 11) is 0. The zero-order chi connectivity index (χ0) is 12.7. The largest absolute Gasteiger partial charge is 0.490 e. The van der Waals surface area contributed by atoms with Crippen LogP contribution >= 0.6 is 11.6 Å². The van der Waals surface area contributed by atoms with E-state index in [-0.39, 0.29) is 0 Å². The molecule has 1 rings (SSSR count). The van der Waals surface area contributed by atoms with E-state index in [0.717, 1.165) is 23.5 Å². The second-order valence-corrected chi connectivity index (χ2v) is 4.61. The lowest BCUT2D eigenvalue weighted by Crippen LogP contribution is -2.05. The molecule has 0 bridgehead atoms. The number of hydrogen-bond acceptors (Lipinski definition) is 2. The lowest BCUT2D eigenvalue weighted by molar-refractivity contribution is 0.259. The standard InChI is InChI=1S/C14H21ClO2/c1-4-16-13-7-5-6-12(10-15)14(13)17-9-8-11(2)3/h5-7,11H,4,8-10H2,1-3H3. The van der Waals surface area contributed by atoms with Crippen LogP contribution in [-0.2, 0) is 5.88 Å². The molecule has 0 N–H and O–H groups in total. The molecule has 3 heteroatoms. The van der Waals surface area contributed by atoms with Crippen molar-refractivity contribution in [3.8, 4) is 11.5 Å². The molecule has 0 heterocycles. The highest BCUT2D eigenvalue weighted by Gasteiger charge is 2.10. The fraction of sp³-hybridized carbons (Fsp3) is 0.571. The van der Waals surface area contributed by atoms with Gasteiger partial charge in [0.1, 0.15) is 0 Å². The Labute approximate surface area is 109 Å². The van der Waals surface area contributed by atoms with Crippen molar-refractivity contribution in [1.82, 2.24) is 0 Å². The lowest BCUT2D eigenvalue weighted by atomic mass is 10.1. The zero-order valence-corrected chi connectivity index (χ0v) is 11.6. The van der Waals surface area contributed by atoms with Crippen LogP contribution in [0.3, 0.4) is 0 Å². The van der Waals surface area contributed by atoms with Crippen molar-refractivity contribution in [3.05, 3.63) is 23.8 Å². The zero-order valence-electron chi connectivity index (χ0n) is 10.8. The Morgan fingerprint density at radius 1 is 1.24 bits per heavy atom. The van der Waals surface area contributed by atoms with E-state index in [1.165, 1.54) is 0 Å². The first-order valence-corrected chi connectivity index (χ1v) is 6.66. The SMILES string of the molecule is CCOc1cccc(CCl)c1OCCC(C)C. The Balaban J connectivity index is 2.77. The van der Waals surface area contributed by atoms with Crippen LogP contribution in [-0.4, -0.2) is 13.2 Å². The first-order valence-electron chi connectivity index (χ1n) is 6.12. The lowest BCUT2D eigenvalue weighted by Gasteiger charge is -2.15. The summed E-state index contributed by atoms with van der Waals surface area (Å²) in [6.07, 6.45) is 1.03. The molecule has 2 nitrogen and oxygen atoms in total.